The molecule has 0 radical (unpaired) electrons. The molecule has 0 saturated heterocycles. The number of hydrogen-bond donors (Lipinski definition) is 1. The van der Waals surface area contributed by atoms with Gasteiger partial charge < -0.3 is 10.6 Å². The van der Waals surface area contributed by atoms with E-state index in [0.29, 0.717) is 0 Å². The minimum atomic E-state index is -4.69. The summed E-state index contributed by atoms with van der Waals surface area (Å²) in [5.74, 6) is -0.233. The summed E-state index contributed by atoms with van der Waals surface area (Å²) in [6.07, 6.45) is -5.28. The Morgan fingerprint density at radius 3 is 2.17 bits per heavy atom. The normalized spacial score (nSPS) is 23.7. The van der Waals surface area contributed by atoms with Crippen molar-refractivity contribution in [1.82, 2.24) is 0 Å². The van der Waals surface area contributed by atoms with E-state index in [0.717, 1.165) is 12.1 Å². The Labute approximate surface area is 110 Å². The van der Waals surface area contributed by atoms with Crippen molar-refractivity contribution in [2.24, 2.45) is 10.9 Å². The molecule has 8 heteroatoms. The van der Waals surface area contributed by atoms with Gasteiger partial charge in [-0.2, -0.15) is 13.2 Å². The highest BCUT2D eigenvalue weighted by molar-refractivity contribution is 6.34. The van der Waals surface area contributed by atoms with Crippen LogP contribution in [0, 0.1) is 0 Å². The van der Waals surface area contributed by atoms with Gasteiger partial charge in [0.2, 0.25) is 0 Å². The molecule has 1 heterocycles. The summed E-state index contributed by atoms with van der Waals surface area (Å²) in [7, 11) is 0. The largest absolute Gasteiger partial charge is 0.435 e. The van der Waals surface area contributed by atoms with Gasteiger partial charge in [-0.15, -0.1) is 0 Å². The van der Waals surface area contributed by atoms with E-state index in [2.05, 4.69) is 9.99 Å². The fraction of sp³-hybridized carbons (Fsp3) is 0.300. The molecule has 1 aromatic rings. The van der Waals surface area contributed by atoms with Gasteiger partial charge in [0.15, 0.2) is 0 Å². The summed E-state index contributed by atoms with van der Waals surface area (Å²) >= 11 is 11.4. The highest BCUT2D eigenvalue weighted by Gasteiger charge is 2.62. The lowest BCUT2D eigenvalue weighted by Gasteiger charge is -2.29. The Kier molecular flexibility index (Phi) is 3.11. The number of rotatable bonds is 1. The molecular formula is C10H7Cl2F3N2O. The minimum absolute atomic E-state index is 0.0789. The van der Waals surface area contributed by atoms with Gasteiger partial charge in [-0.3, -0.25) is 0 Å². The van der Waals surface area contributed by atoms with E-state index in [1.54, 1.807) is 0 Å². The van der Waals surface area contributed by atoms with Gasteiger partial charge in [-0.1, -0.05) is 28.4 Å². The van der Waals surface area contributed by atoms with E-state index < -0.39 is 18.2 Å². The zero-order valence-electron chi connectivity index (χ0n) is 8.76. The van der Waals surface area contributed by atoms with Gasteiger partial charge in [0.25, 0.3) is 5.60 Å². The van der Waals surface area contributed by atoms with Crippen LogP contribution < -0.4 is 5.73 Å². The van der Waals surface area contributed by atoms with Crippen LogP contribution in [0.3, 0.4) is 0 Å². The lowest BCUT2D eigenvalue weighted by atomic mass is 9.89. The third-order valence-electron chi connectivity index (χ3n) is 2.54. The molecule has 2 rings (SSSR count). The summed E-state index contributed by atoms with van der Waals surface area (Å²) < 4.78 is 39.6. The predicted molar refractivity (Wildman–Crippen MR) is 61.5 cm³/mol. The Morgan fingerprint density at radius 2 is 1.78 bits per heavy atom. The van der Waals surface area contributed by atoms with E-state index in [4.69, 9.17) is 28.9 Å². The maximum atomic E-state index is 13.2. The van der Waals surface area contributed by atoms with Gasteiger partial charge in [-0.05, 0) is 18.2 Å². The van der Waals surface area contributed by atoms with E-state index in [9.17, 15) is 13.2 Å². The van der Waals surface area contributed by atoms with E-state index in [-0.39, 0.29) is 21.4 Å². The molecule has 1 aliphatic heterocycles. The second kappa shape index (κ2) is 4.20. The first kappa shape index (κ1) is 13.3. The monoisotopic (exact) mass is 298 g/mol. The number of halogens is 5. The Hall–Kier alpha value is -1.14. The summed E-state index contributed by atoms with van der Waals surface area (Å²) in [6.45, 7) is 0. The van der Waals surface area contributed by atoms with E-state index in [1.165, 1.54) is 6.07 Å². The average Bonchev–Trinajstić information content (AvgIpc) is 2.59. The van der Waals surface area contributed by atoms with Crippen molar-refractivity contribution in [2.45, 2.75) is 18.2 Å². The highest BCUT2D eigenvalue weighted by Crippen LogP contribution is 2.48. The SMILES string of the molecule is NC1=NO[C@@](c2cc(Cl)cc(Cl)c2)(C(F)(F)F)C1. The molecule has 0 aliphatic carbocycles. The van der Waals surface area contributed by atoms with Crippen molar-refractivity contribution in [3.8, 4) is 0 Å². The molecule has 18 heavy (non-hydrogen) atoms. The lowest BCUT2D eigenvalue weighted by Crippen LogP contribution is -2.43. The molecule has 3 nitrogen and oxygen atoms in total. The molecule has 0 amide bonds. The van der Waals surface area contributed by atoms with Gasteiger partial charge >= 0.3 is 6.18 Å². The van der Waals surface area contributed by atoms with Crippen molar-refractivity contribution in [2.75, 3.05) is 0 Å². The molecule has 1 aromatic carbocycles. The van der Waals surface area contributed by atoms with Crippen LogP contribution >= 0.6 is 23.2 Å². The molecular weight excluding hydrogens is 292 g/mol. The first-order valence-electron chi connectivity index (χ1n) is 4.78. The highest BCUT2D eigenvalue weighted by atomic mass is 35.5. The molecule has 0 unspecified atom stereocenters. The molecule has 98 valence electrons. The number of nitrogens with two attached hydrogens (primary N) is 1. The van der Waals surface area contributed by atoms with Crippen LogP contribution in [0.15, 0.2) is 23.4 Å². The Balaban J connectivity index is 2.55. The Bertz CT molecular complexity index is 498. The third kappa shape index (κ3) is 2.10. The molecule has 1 aliphatic rings. The van der Waals surface area contributed by atoms with Crippen LogP contribution in [0.25, 0.3) is 0 Å². The predicted octanol–water partition coefficient (Wildman–Crippen LogP) is 3.44. The molecule has 0 bridgehead atoms. The smallest absolute Gasteiger partial charge is 0.384 e. The average molecular weight is 299 g/mol. The van der Waals surface area contributed by atoms with Crippen LogP contribution in [0.5, 0.6) is 0 Å². The molecule has 2 N–H and O–H groups in total. The van der Waals surface area contributed by atoms with Crippen LogP contribution in [-0.2, 0) is 10.4 Å². The first-order chi connectivity index (χ1) is 8.24. The zero-order chi connectivity index (χ0) is 13.6. The van der Waals surface area contributed by atoms with Gasteiger partial charge in [-0.25, -0.2) is 0 Å². The number of nitrogens with zero attached hydrogens (tertiary/aromatic N) is 1. The molecule has 0 aromatic heterocycles. The topological polar surface area (TPSA) is 47.6 Å². The maximum absolute atomic E-state index is 13.2. The first-order valence-corrected chi connectivity index (χ1v) is 5.54. The summed E-state index contributed by atoms with van der Waals surface area (Å²) in [6, 6.07) is 3.60. The summed E-state index contributed by atoms with van der Waals surface area (Å²) in [5, 5.41) is 3.34. The van der Waals surface area contributed by atoms with Crippen molar-refractivity contribution in [3.05, 3.63) is 33.8 Å². The minimum Gasteiger partial charge on any atom is -0.384 e. The van der Waals surface area contributed by atoms with Gasteiger partial charge in [0, 0.05) is 15.6 Å². The quantitative estimate of drug-likeness (QED) is 0.863. The van der Waals surface area contributed by atoms with Gasteiger partial charge in [0.1, 0.15) is 5.84 Å². The lowest BCUT2D eigenvalue weighted by molar-refractivity contribution is -0.275. The summed E-state index contributed by atoms with van der Waals surface area (Å²) in [4.78, 5) is 4.53. The number of oxime groups is 1. The zero-order valence-corrected chi connectivity index (χ0v) is 10.3. The van der Waals surface area contributed by atoms with Crippen molar-refractivity contribution in [1.29, 1.82) is 0 Å². The van der Waals surface area contributed by atoms with Crippen LogP contribution in [0.4, 0.5) is 13.2 Å². The summed E-state index contributed by atoms with van der Waals surface area (Å²) in [5.41, 5.74) is 2.43. The standard InChI is InChI=1S/C10H7Cl2F3N2O/c11-6-1-5(2-7(12)3-6)9(10(13,14)15)4-8(16)17-18-9/h1-3H,4H2,(H2,16,17)/t9-/m0/s1. The molecule has 0 spiro atoms. The van der Waals surface area contributed by atoms with Crippen LogP contribution in [0.1, 0.15) is 12.0 Å². The number of benzene rings is 1. The number of alkyl halides is 3. The van der Waals surface area contributed by atoms with Crippen LogP contribution in [-0.4, -0.2) is 12.0 Å². The fourth-order valence-corrected chi connectivity index (χ4v) is 2.24. The van der Waals surface area contributed by atoms with E-state index >= 15 is 0 Å². The van der Waals surface area contributed by atoms with Crippen molar-refractivity contribution < 1.29 is 18.0 Å². The van der Waals surface area contributed by atoms with Crippen molar-refractivity contribution in [3.63, 3.8) is 0 Å². The molecule has 1 atom stereocenters. The Morgan fingerprint density at radius 1 is 1.22 bits per heavy atom. The van der Waals surface area contributed by atoms with Crippen molar-refractivity contribution >= 4 is 29.0 Å². The second-order valence-corrected chi connectivity index (χ2v) is 4.71. The number of hydrogen-bond acceptors (Lipinski definition) is 3. The third-order valence-corrected chi connectivity index (χ3v) is 2.97. The van der Waals surface area contributed by atoms with E-state index in [1.807, 2.05) is 0 Å². The van der Waals surface area contributed by atoms with Gasteiger partial charge in [0.05, 0.1) is 6.42 Å². The fourth-order valence-electron chi connectivity index (χ4n) is 1.71. The molecule has 0 fully saturated rings. The number of amidine groups is 1. The maximum Gasteiger partial charge on any atom is 0.435 e. The molecule has 0 saturated carbocycles. The second-order valence-electron chi connectivity index (χ2n) is 3.83. The van der Waals surface area contributed by atoms with Crippen LogP contribution in [0.2, 0.25) is 10.0 Å².